The van der Waals surface area contributed by atoms with Gasteiger partial charge in [0.15, 0.2) is 17.7 Å². The summed E-state index contributed by atoms with van der Waals surface area (Å²) in [4.78, 5) is 33.9. The Morgan fingerprint density at radius 3 is 1.71 bits per heavy atom. The summed E-state index contributed by atoms with van der Waals surface area (Å²) in [5.41, 5.74) is 0.911. The molecule has 0 aliphatic rings. The number of aromatic nitrogens is 2. The van der Waals surface area contributed by atoms with Gasteiger partial charge in [-0.2, -0.15) is 13.2 Å². The molecule has 262 valence electrons. The van der Waals surface area contributed by atoms with E-state index in [4.69, 9.17) is 14.2 Å². The van der Waals surface area contributed by atoms with Crippen molar-refractivity contribution in [1.82, 2.24) is 9.97 Å². The molecule has 2 aromatic carbocycles. The maximum atomic E-state index is 13.5. The van der Waals surface area contributed by atoms with E-state index < -0.39 is 24.2 Å². The highest BCUT2D eigenvalue weighted by molar-refractivity contribution is 5.92. The summed E-state index contributed by atoms with van der Waals surface area (Å²) in [7, 11) is 0. The van der Waals surface area contributed by atoms with Gasteiger partial charge in [0.05, 0.1) is 30.1 Å². The number of rotatable bonds is 22. The van der Waals surface area contributed by atoms with Crippen molar-refractivity contribution in [2.45, 2.75) is 122 Å². The predicted octanol–water partition coefficient (Wildman–Crippen LogP) is 10.7. The zero-order chi connectivity index (χ0) is 34.6. The molecule has 1 aromatic heterocycles. The highest BCUT2D eigenvalue weighted by atomic mass is 19.4. The Bertz CT molecular complexity index is 1350. The van der Waals surface area contributed by atoms with Crippen LogP contribution in [0.5, 0.6) is 11.5 Å². The predicted molar refractivity (Wildman–Crippen MR) is 180 cm³/mol. The Kier molecular flexibility index (Phi) is 16.9. The first-order valence-electron chi connectivity index (χ1n) is 17.4. The molecular formula is C38H49F3N2O5. The third-order valence-corrected chi connectivity index (χ3v) is 8.01. The van der Waals surface area contributed by atoms with Crippen molar-refractivity contribution in [2.24, 2.45) is 0 Å². The number of alkyl halides is 3. The summed E-state index contributed by atoms with van der Waals surface area (Å²) in [6.45, 7) is 4.92. The fraction of sp³-hybridized carbons (Fsp3) is 0.526. The number of ether oxygens (including phenoxy) is 3. The standard InChI is InChI=1S/C38H49F3N2O5/c1-3-5-7-9-11-12-14-16-26-46-33-27-42-35(43-28-33)29-18-20-30(21-19-29)36(44)47-32-24-22-31(23-25-32)37(45)48-34(38(39,40)41)17-15-13-10-8-6-4-2/h18-25,27-28,34H,3-17,26H2,1-2H3/t34-/m1/s1. The van der Waals surface area contributed by atoms with Crippen LogP contribution in [0.2, 0.25) is 0 Å². The minimum atomic E-state index is -4.65. The van der Waals surface area contributed by atoms with E-state index >= 15 is 0 Å². The normalized spacial score (nSPS) is 12.0. The lowest BCUT2D eigenvalue weighted by molar-refractivity contribution is -0.206. The van der Waals surface area contributed by atoms with E-state index in [1.165, 1.54) is 62.8 Å². The van der Waals surface area contributed by atoms with Crippen LogP contribution in [0, 0.1) is 0 Å². The molecule has 3 aromatic rings. The maximum Gasteiger partial charge on any atom is 0.425 e. The molecule has 0 N–H and O–H groups in total. The molecule has 1 atom stereocenters. The number of esters is 2. The number of halogens is 3. The highest BCUT2D eigenvalue weighted by Gasteiger charge is 2.42. The number of hydrogen-bond acceptors (Lipinski definition) is 7. The zero-order valence-electron chi connectivity index (χ0n) is 28.2. The number of unbranched alkanes of at least 4 members (excludes halogenated alkanes) is 12. The number of hydrogen-bond donors (Lipinski definition) is 0. The maximum absolute atomic E-state index is 13.5. The summed E-state index contributed by atoms with van der Waals surface area (Å²) in [6, 6.07) is 11.8. The van der Waals surface area contributed by atoms with Crippen molar-refractivity contribution in [3.05, 3.63) is 72.1 Å². The highest BCUT2D eigenvalue weighted by Crippen LogP contribution is 2.28. The van der Waals surface area contributed by atoms with Gasteiger partial charge in [-0.15, -0.1) is 0 Å². The van der Waals surface area contributed by atoms with E-state index in [-0.39, 0.29) is 23.3 Å². The van der Waals surface area contributed by atoms with Crippen LogP contribution in [0.3, 0.4) is 0 Å². The average molecular weight is 671 g/mol. The molecule has 1 heterocycles. The number of nitrogens with zero attached hydrogens (tertiary/aromatic N) is 2. The topological polar surface area (TPSA) is 87.6 Å². The molecule has 0 spiro atoms. The smallest absolute Gasteiger partial charge is 0.425 e. The molecule has 3 rings (SSSR count). The van der Waals surface area contributed by atoms with Crippen LogP contribution in [-0.4, -0.2) is 40.8 Å². The summed E-state index contributed by atoms with van der Waals surface area (Å²) in [5, 5.41) is 0. The van der Waals surface area contributed by atoms with Crippen molar-refractivity contribution in [3.63, 3.8) is 0 Å². The number of carbonyl (C=O) groups excluding carboxylic acids is 2. The molecular weight excluding hydrogens is 621 g/mol. The number of carbonyl (C=O) groups is 2. The third-order valence-electron chi connectivity index (χ3n) is 8.01. The van der Waals surface area contributed by atoms with Crippen LogP contribution in [0.4, 0.5) is 13.2 Å². The molecule has 7 nitrogen and oxygen atoms in total. The van der Waals surface area contributed by atoms with Crippen molar-refractivity contribution in [1.29, 1.82) is 0 Å². The summed E-state index contributed by atoms with van der Waals surface area (Å²) < 4.78 is 56.5. The molecule has 0 saturated heterocycles. The lowest BCUT2D eigenvalue weighted by atomic mass is 10.1. The second-order valence-corrected chi connectivity index (χ2v) is 12.0. The fourth-order valence-electron chi connectivity index (χ4n) is 5.14. The van der Waals surface area contributed by atoms with Crippen LogP contribution in [0.25, 0.3) is 11.4 Å². The molecule has 0 bridgehead atoms. The third kappa shape index (κ3) is 14.0. The van der Waals surface area contributed by atoms with Gasteiger partial charge in [-0.3, -0.25) is 0 Å². The van der Waals surface area contributed by atoms with Gasteiger partial charge in [0.25, 0.3) is 0 Å². The second kappa shape index (κ2) is 21.1. The van der Waals surface area contributed by atoms with Crippen LogP contribution >= 0.6 is 0 Å². The van der Waals surface area contributed by atoms with Gasteiger partial charge < -0.3 is 14.2 Å². The first kappa shape index (κ1) is 38.5. The van der Waals surface area contributed by atoms with Crippen molar-refractivity contribution in [3.8, 4) is 22.9 Å². The molecule has 0 fully saturated rings. The van der Waals surface area contributed by atoms with Gasteiger partial charge in [-0.05, 0) is 55.7 Å². The monoisotopic (exact) mass is 670 g/mol. The summed E-state index contributed by atoms with van der Waals surface area (Å²) >= 11 is 0. The van der Waals surface area contributed by atoms with E-state index in [1.54, 1.807) is 36.7 Å². The van der Waals surface area contributed by atoms with Crippen molar-refractivity contribution < 1.29 is 37.0 Å². The largest absolute Gasteiger partial charge is 0.490 e. The van der Waals surface area contributed by atoms with Gasteiger partial charge in [-0.25, -0.2) is 19.6 Å². The van der Waals surface area contributed by atoms with Crippen LogP contribution in [0.1, 0.15) is 131 Å². The summed E-state index contributed by atoms with van der Waals surface area (Å²) in [5.74, 6) is -0.502. The minimum Gasteiger partial charge on any atom is -0.490 e. The first-order valence-corrected chi connectivity index (χ1v) is 17.4. The quantitative estimate of drug-likeness (QED) is 0.0597. The van der Waals surface area contributed by atoms with Gasteiger partial charge in [-0.1, -0.05) is 103 Å². The van der Waals surface area contributed by atoms with E-state index in [1.807, 2.05) is 0 Å². The van der Waals surface area contributed by atoms with E-state index in [2.05, 4.69) is 23.8 Å². The first-order chi connectivity index (χ1) is 23.2. The van der Waals surface area contributed by atoms with E-state index in [0.29, 0.717) is 36.6 Å². The van der Waals surface area contributed by atoms with Gasteiger partial charge in [0.2, 0.25) is 0 Å². The van der Waals surface area contributed by atoms with E-state index in [9.17, 15) is 22.8 Å². The van der Waals surface area contributed by atoms with Crippen LogP contribution in [-0.2, 0) is 4.74 Å². The second-order valence-electron chi connectivity index (χ2n) is 12.0. The Morgan fingerprint density at radius 2 is 1.15 bits per heavy atom. The van der Waals surface area contributed by atoms with Gasteiger partial charge in [0, 0.05) is 5.56 Å². The van der Waals surface area contributed by atoms with E-state index in [0.717, 1.165) is 38.5 Å². The molecule has 0 amide bonds. The molecule has 48 heavy (non-hydrogen) atoms. The lowest BCUT2D eigenvalue weighted by Gasteiger charge is -2.20. The molecule has 0 saturated carbocycles. The lowest BCUT2D eigenvalue weighted by Crippen LogP contribution is -2.33. The Labute approximate surface area is 282 Å². The molecule has 0 radical (unpaired) electrons. The Morgan fingerprint density at radius 1 is 0.646 bits per heavy atom. The molecule has 0 aliphatic carbocycles. The zero-order valence-corrected chi connectivity index (χ0v) is 28.2. The fourth-order valence-corrected chi connectivity index (χ4v) is 5.14. The Hall–Kier alpha value is -3.95. The van der Waals surface area contributed by atoms with Crippen LogP contribution in [0.15, 0.2) is 60.9 Å². The average Bonchev–Trinajstić information content (AvgIpc) is 3.08. The molecule has 0 unspecified atom stereocenters. The summed E-state index contributed by atoms with van der Waals surface area (Å²) in [6.07, 6.45) is 10.9. The molecule has 0 aliphatic heterocycles. The minimum absolute atomic E-state index is 0.0686. The van der Waals surface area contributed by atoms with Crippen LogP contribution < -0.4 is 9.47 Å². The SMILES string of the molecule is CCCCCCCCCCOc1cnc(-c2ccc(C(=O)Oc3ccc(C(=O)O[C@H](CCCCCCCC)C(F)(F)F)cc3)cc2)nc1. The Balaban J connectivity index is 1.44. The molecule has 10 heteroatoms. The number of benzene rings is 2. The van der Waals surface area contributed by atoms with Crippen molar-refractivity contribution in [2.75, 3.05) is 6.61 Å². The van der Waals surface area contributed by atoms with Gasteiger partial charge in [0.1, 0.15) is 5.75 Å². The van der Waals surface area contributed by atoms with Crippen molar-refractivity contribution >= 4 is 11.9 Å². The van der Waals surface area contributed by atoms with Gasteiger partial charge >= 0.3 is 18.1 Å².